The highest BCUT2D eigenvalue weighted by Gasteiger charge is 2.24. The third-order valence-electron chi connectivity index (χ3n) is 4.61. The van der Waals surface area contributed by atoms with E-state index in [2.05, 4.69) is 5.32 Å². The van der Waals surface area contributed by atoms with Crippen LogP contribution in [0.25, 0.3) is 0 Å². The van der Waals surface area contributed by atoms with E-state index < -0.39 is 12.0 Å². The number of benzene rings is 3. The van der Waals surface area contributed by atoms with Crippen molar-refractivity contribution < 1.29 is 9.59 Å². The molecule has 0 unspecified atom stereocenters. The van der Waals surface area contributed by atoms with Crippen LogP contribution in [0.15, 0.2) is 91.0 Å². The Bertz CT molecular complexity index is 808. The molecule has 3 rings (SSSR count). The topological polar surface area (TPSA) is 46.2 Å². The molecule has 3 aromatic carbocycles. The fraction of sp³-hybridized carbons (Fsp3) is 0.167. The number of carbonyl (C=O) groups excluding carboxylic acids is 2. The van der Waals surface area contributed by atoms with Crippen molar-refractivity contribution in [3.8, 4) is 0 Å². The average Bonchev–Trinajstić information content (AvgIpc) is 2.73. The van der Waals surface area contributed by atoms with E-state index in [9.17, 15) is 9.59 Å². The smallest absolute Gasteiger partial charge is 0.232 e. The second-order valence-electron chi connectivity index (χ2n) is 6.53. The lowest BCUT2D eigenvalue weighted by atomic mass is 9.90. The SMILES string of the molecule is O=C[C@H](CCc1ccccc1)NC(=O)C(c1ccccc1)c1ccccc1. The normalized spacial score (nSPS) is 11.7. The van der Waals surface area contributed by atoms with Crippen LogP contribution in [0.3, 0.4) is 0 Å². The first-order chi connectivity index (χ1) is 13.3. The zero-order chi connectivity index (χ0) is 18.9. The lowest BCUT2D eigenvalue weighted by Crippen LogP contribution is -2.39. The molecule has 0 fully saturated rings. The van der Waals surface area contributed by atoms with E-state index in [0.29, 0.717) is 6.42 Å². The Hall–Kier alpha value is -3.20. The van der Waals surface area contributed by atoms with Gasteiger partial charge < -0.3 is 10.1 Å². The molecule has 0 aliphatic rings. The highest BCUT2D eigenvalue weighted by molar-refractivity contribution is 5.89. The first-order valence-electron chi connectivity index (χ1n) is 9.17. The zero-order valence-electron chi connectivity index (χ0n) is 15.1. The van der Waals surface area contributed by atoms with Crippen molar-refractivity contribution in [2.75, 3.05) is 0 Å². The van der Waals surface area contributed by atoms with Gasteiger partial charge in [0.25, 0.3) is 0 Å². The van der Waals surface area contributed by atoms with Gasteiger partial charge in [-0.15, -0.1) is 0 Å². The van der Waals surface area contributed by atoms with Crippen LogP contribution in [0.1, 0.15) is 29.0 Å². The number of nitrogens with one attached hydrogen (secondary N) is 1. The largest absolute Gasteiger partial charge is 0.346 e. The summed E-state index contributed by atoms with van der Waals surface area (Å²) in [4.78, 5) is 24.6. The minimum atomic E-state index is -0.507. The van der Waals surface area contributed by atoms with Crippen LogP contribution in [0.2, 0.25) is 0 Å². The van der Waals surface area contributed by atoms with Crippen molar-refractivity contribution in [1.29, 1.82) is 0 Å². The molecule has 0 aliphatic heterocycles. The minimum Gasteiger partial charge on any atom is -0.346 e. The Morgan fingerprint density at radius 1 is 0.778 bits per heavy atom. The summed E-state index contributed by atoms with van der Waals surface area (Å²) >= 11 is 0. The quantitative estimate of drug-likeness (QED) is 0.616. The molecular formula is C24H23NO2. The van der Waals surface area contributed by atoms with Gasteiger partial charge in [0.2, 0.25) is 5.91 Å². The molecular weight excluding hydrogens is 334 g/mol. The summed E-state index contributed by atoms with van der Waals surface area (Å²) < 4.78 is 0. The maximum absolute atomic E-state index is 13.1. The van der Waals surface area contributed by atoms with Gasteiger partial charge in [0, 0.05) is 0 Å². The number of rotatable bonds is 8. The third-order valence-corrected chi connectivity index (χ3v) is 4.61. The monoisotopic (exact) mass is 357 g/mol. The summed E-state index contributed by atoms with van der Waals surface area (Å²) in [5, 5.41) is 2.93. The molecule has 136 valence electrons. The van der Waals surface area contributed by atoms with Crippen LogP contribution in [0.5, 0.6) is 0 Å². The summed E-state index contributed by atoms with van der Waals surface area (Å²) in [5.41, 5.74) is 2.98. The Kier molecular flexibility index (Phi) is 6.53. The first kappa shape index (κ1) is 18.6. The van der Waals surface area contributed by atoms with E-state index in [1.54, 1.807) is 0 Å². The van der Waals surface area contributed by atoms with E-state index in [0.717, 1.165) is 29.4 Å². The predicted molar refractivity (Wildman–Crippen MR) is 107 cm³/mol. The van der Waals surface area contributed by atoms with Gasteiger partial charge in [0.05, 0.1) is 12.0 Å². The molecule has 0 spiro atoms. The van der Waals surface area contributed by atoms with Crippen LogP contribution in [0.4, 0.5) is 0 Å². The van der Waals surface area contributed by atoms with Crippen LogP contribution in [-0.4, -0.2) is 18.2 Å². The Morgan fingerprint density at radius 2 is 1.26 bits per heavy atom. The molecule has 3 aromatic rings. The van der Waals surface area contributed by atoms with Gasteiger partial charge in [-0.1, -0.05) is 91.0 Å². The molecule has 3 heteroatoms. The first-order valence-corrected chi connectivity index (χ1v) is 9.17. The average molecular weight is 357 g/mol. The highest BCUT2D eigenvalue weighted by atomic mass is 16.2. The van der Waals surface area contributed by atoms with Gasteiger partial charge >= 0.3 is 0 Å². The van der Waals surface area contributed by atoms with Gasteiger partial charge in [0.1, 0.15) is 6.29 Å². The highest BCUT2D eigenvalue weighted by Crippen LogP contribution is 2.25. The number of carbonyl (C=O) groups is 2. The summed E-state index contributed by atoms with van der Waals surface area (Å²) in [6.45, 7) is 0. The predicted octanol–water partition coefficient (Wildman–Crippen LogP) is 4.14. The molecule has 1 N–H and O–H groups in total. The Balaban J connectivity index is 1.74. The lowest BCUT2D eigenvalue weighted by Gasteiger charge is -2.20. The van der Waals surface area contributed by atoms with Crippen LogP contribution < -0.4 is 5.32 Å². The fourth-order valence-corrected chi connectivity index (χ4v) is 3.19. The fourth-order valence-electron chi connectivity index (χ4n) is 3.19. The van der Waals surface area contributed by atoms with Crippen molar-refractivity contribution >= 4 is 12.2 Å². The summed E-state index contributed by atoms with van der Waals surface area (Å²) in [6.07, 6.45) is 2.15. The van der Waals surface area contributed by atoms with Crippen molar-refractivity contribution in [3.63, 3.8) is 0 Å². The van der Waals surface area contributed by atoms with E-state index in [4.69, 9.17) is 0 Å². The van der Waals surface area contributed by atoms with Crippen LogP contribution in [0, 0.1) is 0 Å². The molecule has 0 aliphatic carbocycles. The van der Waals surface area contributed by atoms with Crippen LogP contribution >= 0.6 is 0 Å². The second kappa shape index (κ2) is 9.48. The number of aryl methyl sites for hydroxylation is 1. The van der Waals surface area contributed by atoms with E-state index in [-0.39, 0.29) is 5.91 Å². The second-order valence-corrected chi connectivity index (χ2v) is 6.53. The number of hydrogen-bond donors (Lipinski definition) is 1. The molecule has 0 radical (unpaired) electrons. The standard InChI is InChI=1S/C24H23NO2/c26-18-22(17-16-19-10-4-1-5-11-19)25-24(27)23(20-12-6-2-7-13-20)21-14-8-3-9-15-21/h1-15,18,22-23H,16-17H2,(H,25,27)/t22-/m0/s1. The van der Waals surface area contributed by atoms with Gasteiger partial charge in [0.15, 0.2) is 0 Å². The number of aldehydes is 1. The lowest BCUT2D eigenvalue weighted by molar-refractivity contribution is -0.124. The van der Waals surface area contributed by atoms with Crippen molar-refractivity contribution in [2.45, 2.75) is 24.8 Å². The maximum Gasteiger partial charge on any atom is 0.232 e. The molecule has 0 bridgehead atoms. The summed E-state index contributed by atoms with van der Waals surface area (Å²) in [6, 6.07) is 28.8. The van der Waals surface area contributed by atoms with Crippen LogP contribution in [-0.2, 0) is 16.0 Å². The molecule has 0 saturated carbocycles. The summed E-state index contributed by atoms with van der Waals surface area (Å²) in [7, 11) is 0. The van der Waals surface area contributed by atoms with Gasteiger partial charge in [-0.2, -0.15) is 0 Å². The maximum atomic E-state index is 13.1. The van der Waals surface area contributed by atoms with E-state index >= 15 is 0 Å². The van der Waals surface area contributed by atoms with Gasteiger partial charge in [-0.3, -0.25) is 4.79 Å². The number of amides is 1. The van der Waals surface area contributed by atoms with Crippen molar-refractivity contribution in [3.05, 3.63) is 108 Å². The molecule has 1 amide bonds. The molecule has 0 saturated heterocycles. The van der Waals surface area contributed by atoms with Crippen molar-refractivity contribution in [2.24, 2.45) is 0 Å². The Labute approximate surface area is 160 Å². The third kappa shape index (κ3) is 5.14. The molecule has 27 heavy (non-hydrogen) atoms. The van der Waals surface area contributed by atoms with E-state index in [1.165, 1.54) is 0 Å². The van der Waals surface area contributed by atoms with Gasteiger partial charge in [-0.25, -0.2) is 0 Å². The zero-order valence-corrected chi connectivity index (χ0v) is 15.1. The molecule has 0 aromatic heterocycles. The van der Waals surface area contributed by atoms with Gasteiger partial charge in [-0.05, 0) is 29.5 Å². The van der Waals surface area contributed by atoms with Crippen molar-refractivity contribution in [1.82, 2.24) is 5.32 Å². The Morgan fingerprint density at radius 3 is 1.74 bits per heavy atom. The minimum absolute atomic E-state index is 0.155. The molecule has 0 heterocycles. The molecule has 1 atom stereocenters. The molecule has 3 nitrogen and oxygen atoms in total. The number of hydrogen-bond acceptors (Lipinski definition) is 2. The summed E-state index contributed by atoms with van der Waals surface area (Å²) in [5.74, 6) is -0.593. The van der Waals surface area contributed by atoms with E-state index in [1.807, 2.05) is 91.0 Å².